The number of benzene rings is 2. The van der Waals surface area contributed by atoms with Crippen molar-refractivity contribution >= 4 is 17.8 Å². The fraction of sp³-hybridized carbons (Fsp3) is 0.286. The van der Waals surface area contributed by atoms with E-state index in [0.29, 0.717) is 6.54 Å². The minimum atomic E-state index is -3.29. The lowest BCUT2D eigenvalue weighted by Gasteiger charge is -2.37. The predicted octanol–water partition coefficient (Wildman–Crippen LogP) is 2.90. The van der Waals surface area contributed by atoms with Gasteiger partial charge >= 0.3 is 5.97 Å². The maximum atomic E-state index is 14.4. The molecule has 0 radical (unpaired) electrons. The van der Waals surface area contributed by atoms with E-state index in [1.165, 1.54) is 12.1 Å². The smallest absolute Gasteiger partial charge is 0.329 e. The number of amides is 2. The fourth-order valence-electron chi connectivity index (χ4n) is 3.60. The molecule has 1 atom stereocenters. The van der Waals surface area contributed by atoms with Crippen LogP contribution in [-0.4, -0.2) is 46.8 Å². The highest BCUT2D eigenvalue weighted by Gasteiger charge is 2.51. The molecule has 150 valence electrons. The molecular formula is C21H18F2N2O4. The molecule has 2 aromatic carbocycles. The maximum absolute atomic E-state index is 14.4. The van der Waals surface area contributed by atoms with E-state index in [2.05, 4.69) is 0 Å². The molecule has 29 heavy (non-hydrogen) atoms. The number of alkyl halides is 2. The summed E-state index contributed by atoms with van der Waals surface area (Å²) in [6.07, 6.45) is -0.512. The predicted molar refractivity (Wildman–Crippen MR) is 97.8 cm³/mol. The van der Waals surface area contributed by atoms with Crippen LogP contribution in [0.1, 0.15) is 32.7 Å². The van der Waals surface area contributed by atoms with Gasteiger partial charge in [-0.1, -0.05) is 47.5 Å². The molecule has 0 aromatic heterocycles. The molecule has 0 spiro atoms. The Morgan fingerprint density at radius 2 is 1.59 bits per heavy atom. The third-order valence-corrected chi connectivity index (χ3v) is 5.18. The zero-order chi connectivity index (χ0) is 20.6. The highest BCUT2D eigenvalue weighted by atomic mass is 19.3. The van der Waals surface area contributed by atoms with Crippen molar-refractivity contribution in [3.05, 3.63) is 71.3 Å². The Labute approximate surface area is 165 Å². The van der Waals surface area contributed by atoms with Crippen LogP contribution in [0.5, 0.6) is 0 Å². The van der Waals surface area contributed by atoms with Gasteiger partial charge in [-0.15, -0.1) is 0 Å². The average Bonchev–Trinajstić information content (AvgIpc) is 2.95. The van der Waals surface area contributed by atoms with E-state index in [0.717, 1.165) is 5.56 Å². The molecule has 2 amide bonds. The Kier molecular flexibility index (Phi) is 4.87. The number of halogens is 2. The molecule has 0 N–H and O–H groups in total. The SMILES string of the molecule is O=C(ON1C(=O)c2ccccc2C1=O)C1CN(Cc2ccccc2)CCC1(F)F. The second-order valence-electron chi connectivity index (χ2n) is 7.14. The van der Waals surface area contributed by atoms with Crippen molar-refractivity contribution in [2.45, 2.75) is 18.9 Å². The lowest BCUT2D eigenvalue weighted by Crippen LogP contribution is -2.51. The number of hydrogen-bond donors (Lipinski definition) is 0. The summed E-state index contributed by atoms with van der Waals surface area (Å²) in [5.41, 5.74) is 1.09. The largest absolute Gasteiger partial charge is 0.343 e. The van der Waals surface area contributed by atoms with Crippen molar-refractivity contribution < 1.29 is 28.0 Å². The van der Waals surface area contributed by atoms with E-state index in [1.54, 1.807) is 17.0 Å². The van der Waals surface area contributed by atoms with Crippen molar-refractivity contribution in [3.63, 3.8) is 0 Å². The summed E-state index contributed by atoms with van der Waals surface area (Å²) in [5.74, 6) is -8.02. The van der Waals surface area contributed by atoms with E-state index < -0.39 is 36.0 Å². The maximum Gasteiger partial charge on any atom is 0.343 e. The molecule has 2 aromatic rings. The monoisotopic (exact) mass is 400 g/mol. The van der Waals surface area contributed by atoms with Crippen molar-refractivity contribution in [2.75, 3.05) is 13.1 Å². The minimum Gasteiger partial charge on any atom is -0.329 e. The Bertz CT molecular complexity index is 929. The Hall–Kier alpha value is -3.13. The number of likely N-dealkylation sites (tertiary alicyclic amines) is 1. The van der Waals surface area contributed by atoms with Crippen LogP contribution in [-0.2, 0) is 16.2 Å². The number of carbonyl (C=O) groups excluding carboxylic acids is 3. The molecule has 0 saturated carbocycles. The van der Waals surface area contributed by atoms with Crippen molar-refractivity contribution in [1.29, 1.82) is 0 Å². The molecule has 4 rings (SSSR count). The molecule has 8 heteroatoms. The number of hydrogen-bond acceptors (Lipinski definition) is 5. The Morgan fingerprint density at radius 1 is 1.00 bits per heavy atom. The van der Waals surface area contributed by atoms with Gasteiger partial charge in [-0.25, -0.2) is 13.6 Å². The van der Waals surface area contributed by atoms with Crippen molar-refractivity contribution in [2.24, 2.45) is 5.92 Å². The van der Waals surface area contributed by atoms with E-state index in [1.807, 2.05) is 30.3 Å². The molecule has 0 aliphatic carbocycles. The summed E-state index contributed by atoms with van der Waals surface area (Å²) < 4.78 is 28.9. The van der Waals surface area contributed by atoms with Gasteiger partial charge in [0.1, 0.15) is 5.92 Å². The standard InChI is InChI=1S/C21H18F2N2O4/c22-21(23)10-11-24(12-14-6-2-1-3-7-14)13-17(21)20(28)29-25-18(26)15-8-4-5-9-16(15)19(25)27/h1-9,17H,10-13H2. The summed E-state index contributed by atoms with van der Waals surface area (Å²) in [5, 5.41) is 0.277. The minimum absolute atomic E-state index is 0.0754. The van der Waals surface area contributed by atoms with Crippen LogP contribution < -0.4 is 0 Å². The number of nitrogens with zero attached hydrogens (tertiary/aromatic N) is 2. The zero-order valence-corrected chi connectivity index (χ0v) is 15.4. The fourth-order valence-corrected chi connectivity index (χ4v) is 3.60. The Balaban J connectivity index is 1.48. The summed E-state index contributed by atoms with van der Waals surface area (Å²) in [7, 11) is 0. The summed E-state index contributed by atoms with van der Waals surface area (Å²) in [4.78, 5) is 43.8. The van der Waals surface area contributed by atoms with E-state index >= 15 is 0 Å². The highest BCUT2D eigenvalue weighted by Crippen LogP contribution is 2.35. The van der Waals surface area contributed by atoms with E-state index in [4.69, 9.17) is 4.84 Å². The summed E-state index contributed by atoms with van der Waals surface area (Å²) in [6, 6.07) is 15.3. The quantitative estimate of drug-likeness (QED) is 0.739. The topological polar surface area (TPSA) is 66.9 Å². The van der Waals surface area contributed by atoms with Crippen LogP contribution in [0.2, 0.25) is 0 Å². The van der Waals surface area contributed by atoms with Gasteiger partial charge in [-0.2, -0.15) is 0 Å². The average molecular weight is 400 g/mol. The number of rotatable bonds is 4. The van der Waals surface area contributed by atoms with Gasteiger partial charge in [0, 0.05) is 26.1 Å². The molecule has 1 saturated heterocycles. The highest BCUT2D eigenvalue weighted by molar-refractivity contribution is 6.20. The van der Waals surface area contributed by atoms with Crippen LogP contribution >= 0.6 is 0 Å². The molecule has 1 unspecified atom stereocenters. The first-order valence-electron chi connectivity index (χ1n) is 9.20. The molecular weight excluding hydrogens is 382 g/mol. The van der Waals surface area contributed by atoms with Crippen molar-refractivity contribution in [1.82, 2.24) is 9.96 Å². The van der Waals surface area contributed by atoms with Gasteiger partial charge in [0.25, 0.3) is 17.7 Å². The number of hydroxylamine groups is 2. The van der Waals surface area contributed by atoms with Crippen LogP contribution in [0.3, 0.4) is 0 Å². The lowest BCUT2D eigenvalue weighted by molar-refractivity contribution is -0.194. The van der Waals surface area contributed by atoms with E-state index in [-0.39, 0.29) is 29.3 Å². The Morgan fingerprint density at radius 3 is 2.21 bits per heavy atom. The zero-order valence-electron chi connectivity index (χ0n) is 15.4. The molecule has 1 fully saturated rings. The van der Waals surface area contributed by atoms with Crippen LogP contribution in [0, 0.1) is 5.92 Å². The third-order valence-electron chi connectivity index (χ3n) is 5.18. The van der Waals surface area contributed by atoms with Gasteiger partial charge in [-0.05, 0) is 17.7 Å². The van der Waals surface area contributed by atoms with Crippen molar-refractivity contribution in [3.8, 4) is 0 Å². The molecule has 2 heterocycles. The first-order valence-corrected chi connectivity index (χ1v) is 9.20. The number of carbonyl (C=O) groups is 3. The van der Waals surface area contributed by atoms with Crippen LogP contribution in [0.4, 0.5) is 8.78 Å². The first-order chi connectivity index (χ1) is 13.9. The molecule has 6 nitrogen and oxygen atoms in total. The normalized spacial score (nSPS) is 21.2. The summed E-state index contributed by atoms with van der Waals surface area (Å²) >= 11 is 0. The molecule has 0 bridgehead atoms. The summed E-state index contributed by atoms with van der Waals surface area (Å²) in [6.45, 7) is 0.302. The lowest BCUT2D eigenvalue weighted by atomic mass is 9.93. The first kappa shape index (κ1) is 19.2. The van der Waals surface area contributed by atoms with Gasteiger partial charge in [0.2, 0.25) is 0 Å². The second-order valence-corrected chi connectivity index (χ2v) is 7.14. The van der Waals surface area contributed by atoms with Crippen LogP contribution in [0.25, 0.3) is 0 Å². The molecule has 2 aliphatic heterocycles. The molecule has 2 aliphatic rings. The van der Waals surface area contributed by atoms with Gasteiger partial charge in [0.05, 0.1) is 11.1 Å². The van der Waals surface area contributed by atoms with Gasteiger partial charge in [-0.3, -0.25) is 14.5 Å². The third kappa shape index (κ3) is 3.63. The second kappa shape index (κ2) is 7.36. The van der Waals surface area contributed by atoms with Gasteiger partial charge < -0.3 is 4.84 Å². The number of imide groups is 1. The van der Waals surface area contributed by atoms with Gasteiger partial charge in [0.15, 0.2) is 0 Å². The van der Waals surface area contributed by atoms with Crippen LogP contribution in [0.15, 0.2) is 54.6 Å². The van der Waals surface area contributed by atoms with E-state index in [9.17, 15) is 23.2 Å². The number of piperidine rings is 1. The number of fused-ring (bicyclic) bond motifs is 1.